The number of carbonyl (C=O) groups is 1. The van der Waals surface area contributed by atoms with Crippen molar-refractivity contribution in [2.45, 2.75) is 18.6 Å². The van der Waals surface area contributed by atoms with E-state index in [1.807, 2.05) is 30.3 Å². The van der Waals surface area contributed by atoms with Gasteiger partial charge in [-0.1, -0.05) is 54.1 Å². The highest BCUT2D eigenvalue weighted by Crippen LogP contribution is 2.31. The van der Waals surface area contributed by atoms with E-state index in [4.69, 9.17) is 21.1 Å². The maximum absolute atomic E-state index is 11.0. The minimum absolute atomic E-state index is 0.482. The summed E-state index contributed by atoms with van der Waals surface area (Å²) in [7, 11) is 0. The summed E-state index contributed by atoms with van der Waals surface area (Å²) in [6, 6.07) is 16.9. The van der Waals surface area contributed by atoms with Crippen molar-refractivity contribution >= 4 is 17.6 Å². The fourth-order valence-electron chi connectivity index (χ4n) is 1.83. The highest BCUT2D eigenvalue weighted by Gasteiger charge is 2.26. The number of carbonyl (C=O) groups excluding carboxylic acids is 1. The maximum Gasteiger partial charge on any atom is 0.304 e. The third-order valence-corrected chi connectivity index (χ3v) is 3.13. The molecule has 0 N–H and O–H groups in total. The van der Waals surface area contributed by atoms with E-state index in [1.165, 1.54) is 6.92 Å². The lowest BCUT2D eigenvalue weighted by atomic mass is 10.1. The molecule has 1 atom stereocenters. The van der Waals surface area contributed by atoms with Crippen molar-refractivity contribution in [2.24, 2.45) is 0 Å². The molecule has 109 valence electrons. The molecular weight excluding hydrogens is 288 g/mol. The molecule has 0 aliphatic carbocycles. The minimum Gasteiger partial charge on any atom is -0.489 e. The normalized spacial score (nSPS) is 13.3. The molecule has 21 heavy (non-hydrogen) atoms. The Morgan fingerprint density at radius 1 is 1.14 bits per heavy atom. The number of hydrogen-bond acceptors (Lipinski definition) is 3. The van der Waals surface area contributed by atoms with Crippen molar-refractivity contribution in [1.82, 2.24) is 0 Å². The molecule has 0 fully saturated rings. The topological polar surface area (TPSA) is 35.5 Å². The number of alkyl halides is 1. The van der Waals surface area contributed by atoms with Crippen LogP contribution in [0.15, 0.2) is 54.6 Å². The van der Waals surface area contributed by atoms with Crippen LogP contribution in [-0.2, 0) is 21.2 Å². The molecule has 0 heterocycles. The van der Waals surface area contributed by atoms with Gasteiger partial charge in [0.15, 0.2) is 0 Å². The Bertz CT molecular complexity index is 591. The third kappa shape index (κ3) is 4.50. The molecule has 0 saturated heterocycles. The van der Waals surface area contributed by atoms with Crippen LogP contribution >= 0.6 is 11.6 Å². The summed E-state index contributed by atoms with van der Waals surface area (Å²) in [5.41, 5.74) is 1.68. The van der Waals surface area contributed by atoms with Gasteiger partial charge in [-0.15, -0.1) is 0 Å². The molecule has 0 aliphatic heterocycles. The minimum atomic E-state index is -1.41. The standard InChI is InChI=1S/C17H16ClO3/c1-13(19)21-17(2,18)15-8-10-16(11-9-15)20-12-14-6-4-3-5-7-14/h3-11H,2,12H2,1H3. The number of hydrogen-bond donors (Lipinski definition) is 0. The molecule has 0 saturated carbocycles. The summed E-state index contributed by atoms with van der Waals surface area (Å²) >= 11 is 6.09. The van der Waals surface area contributed by atoms with Gasteiger partial charge in [0.25, 0.3) is 0 Å². The first kappa shape index (κ1) is 15.4. The smallest absolute Gasteiger partial charge is 0.304 e. The van der Waals surface area contributed by atoms with Crippen molar-refractivity contribution in [3.8, 4) is 5.75 Å². The average molecular weight is 304 g/mol. The Hall–Kier alpha value is -2.00. The third-order valence-electron chi connectivity index (χ3n) is 2.84. The molecule has 4 heteroatoms. The van der Waals surface area contributed by atoms with Gasteiger partial charge in [0.2, 0.25) is 5.06 Å². The van der Waals surface area contributed by atoms with Gasteiger partial charge in [-0.25, -0.2) is 0 Å². The van der Waals surface area contributed by atoms with Crippen LogP contribution in [0.3, 0.4) is 0 Å². The number of rotatable bonds is 5. The molecule has 0 spiro atoms. The maximum atomic E-state index is 11.0. The van der Waals surface area contributed by atoms with Crippen molar-refractivity contribution in [3.63, 3.8) is 0 Å². The summed E-state index contributed by atoms with van der Waals surface area (Å²) in [4.78, 5) is 11.0. The molecule has 0 aliphatic rings. The van der Waals surface area contributed by atoms with Gasteiger partial charge in [-0.3, -0.25) is 4.79 Å². The van der Waals surface area contributed by atoms with Crippen LogP contribution in [0.1, 0.15) is 18.1 Å². The first-order valence-electron chi connectivity index (χ1n) is 6.48. The number of ether oxygens (including phenoxy) is 2. The molecular formula is C17H16ClO3. The molecule has 3 nitrogen and oxygen atoms in total. The van der Waals surface area contributed by atoms with Crippen molar-refractivity contribution < 1.29 is 14.3 Å². The number of halogens is 1. The van der Waals surface area contributed by atoms with Crippen LogP contribution in [0.2, 0.25) is 0 Å². The van der Waals surface area contributed by atoms with E-state index >= 15 is 0 Å². The zero-order valence-electron chi connectivity index (χ0n) is 11.7. The Kier molecular flexibility index (Phi) is 4.86. The van der Waals surface area contributed by atoms with Crippen molar-refractivity contribution in [3.05, 3.63) is 72.6 Å². The van der Waals surface area contributed by atoms with Gasteiger partial charge in [0.1, 0.15) is 12.4 Å². The first-order valence-corrected chi connectivity index (χ1v) is 6.86. The second-order valence-corrected chi connectivity index (χ2v) is 5.23. The molecule has 0 amide bonds. The quantitative estimate of drug-likeness (QED) is 0.617. The predicted molar refractivity (Wildman–Crippen MR) is 81.9 cm³/mol. The van der Waals surface area contributed by atoms with Crippen LogP contribution in [0.25, 0.3) is 0 Å². The van der Waals surface area contributed by atoms with Crippen molar-refractivity contribution in [1.29, 1.82) is 0 Å². The average Bonchev–Trinajstić information content (AvgIpc) is 2.45. The van der Waals surface area contributed by atoms with Crippen LogP contribution in [-0.4, -0.2) is 5.97 Å². The van der Waals surface area contributed by atoms with Crippen LogP contribution < -0.4 is 4.74 Å². The molecule has 1 unspecified atom stereocenters. The molecule has 2 aromatic carbocycles. The Balaban J connectivity index is 2.00. The summed E-state index contributed by atoms with van der Waals surface area (Å²) < 4.78 is 10.6. The van der Waals surface area contributed by atoms with Gasteiger partial charge >= 0.3 is 5.97 Å². The lowest BCUT2D eigenvalue weighted by molar-refractivity contribution is -0.147. The Labute approximate surface area is 129 Å². The zero-order valence-corrected chi connectivity index (χ0v) is 12.5. The van der Waals surface area contributed by atoms with Gasteiger partial charge in [-0.05, 0) is 17.7 Å². The summed E-state index contributed by atoms with van der Waals surface area (Å²) in [5, 5.41) is -1.41. The van der Waals surface area contributed by atoms with Gasteiger partial charge in [0, 0.05) is 19.4 Å². The first-order chi connectivity index (χ1) is 9.97. The Morgan fingerprint density at radius 2 is 1.76 bits per heavy atom. The largest absolute Gasteiger partial charge is 0.489 e. The SMILES string of the molecule is [CH2]C(Cl)(OC(C)=O)c1ccc(OCc2ccccc2)cc1. The lowest BCUT2D eigenvalue weighted by Gasteiger charge is -2.22. The van der Waals surface area contributed by atoms with Crippen LogP contribution in [0.5, 0.6) is 5.75 Å². The monoisotopic (exact) mass is 303 g/mol. The van der Waals surface area contributed by atoms with E-state index in [9.17, 15) is 4.79 Å². The van der Waals surface area contributed by atoms with Crippen LogP contribution in [0, 0.1) is 6.92 Å². The molecule has 0 aromatic heterocycles. The Morgan fingerprint density at radius 3 is 2.33 bits per heavy atom. The highest BCUT2D eigenvalue weighted by molar-refractivity contribution is 6.24. The second-order valence-electron chi connectivity index (χ2n) is 4.62. The van der Waals surface area contributed by atoms with E-state index in [-0.39, 0.29) is 0 Å². The number of esters is 1. The van der Waals surface area contributed by atoms with Crippen LogP contribution in [0.4, 0.5) is 0 Å². The fourth-order valence-corrected chi connectivity index (χ4v) is 2.06. The highest BCUT2D eigenvalue weighted by atomic mass is 35.5. The molecule has 0 bridgehead atoms. The summed E-state index contributed by atoms with van der Waals surface area (Å²) in [5.74, 6) is 0.224. The van der Waals surface area contributed by atoms with E-state index in [1.54, 1.807) is 24.3 Å². The summed E-state index contributed by atoms with van der Waals surface area (Å²) in [6.45, 7) is 5.46. The van der Waals surface area contributed by atoms with E-state index in [0.717, 1.165) is 5.56 Å². The van der Waals surface area contributed by atoms with Gasteiger partial charge in [-0.2, -0.15) is 0 Å². The zero-order chi connectivity index (χ0) is 15.3. The molecule has 1 radical (unpaired) electrons. The lowest BCUT2D eigenvalue weighted by Crippen LogP contribution is -2.21. The molecule has 2 aromatic rings. The summed E-state index contributed by atoms with van der Waals surface area (Å²) in [6.07, 6.45) is 0. The number of benzene rings is 2. The second kappa shape index (κ2) is 6.64. The van der Waals surface area contributed by atoms with Gasteiger partial charge < -0.3 is 9.47 Å². The fraction of sp³-hybridized carbons (Fsp3) is 0.176. The van der Waals surface area contributed by atoms with E-state index in [0.29, 0.717) is 17.9 Å². The van der Waals surface area contributed by atoms with E-state index < -0.39 is 11.0 Å². The van der Waals surface area contributed by atoms with Gasteiger partial charge in [0.05, 0.1) is 0 Å². The molecule has 2 rings (SSSR count). The van der Waals surface area contributed by atoms with E-state index in [2.05, 4.69) is 6.92 Å². The van der Waals surface area contributed by atoms with Crippen molar-refractivity contribution in [2.75, 3.05) is 0 Å². The predicted octanol–water partition coefficient (Wildman–Crippen LogP) is 4.05.